The van der Waals surface area contributed by atoms with Crippen molar-refractivity contribution in [1.29, 1.82) is 0 Å². The molecule has 29 heavy (non-hydrogen) atoms. The Morgan fingerprint density at radius 2 is 1.59 bits per heavy atom. The molecule has 0 atom stereocenters. The molecule has 2 aliphatic rings. The Morgan fingerprint density at radius 1 is 0.966 bits per heavy atom. The van der Waals surface area contributed by atoms with E-state index in [1.165, 1.54) is 5.70 Å². The molecule has 6 heteroatoms. The van der Waals surface area contributed by atoms with Crippen molar-refractivity contribution in [1.82, 2.24) is 14.5 Å². The molecule has 1 saturated carbocycles. The summed E-state index contributed by atoms with van der Waals surface area (Å²) in [6, 6.07) is 0.595. The van der Waals surface area contributed by atoms with Gasteiger partial charge in [-0.1, -0.05) is 30.9 Å². The van der Waals surface area contributed by atoms with Crippen LogP contribution in [0.4, 0.5) is 0 Å². The SMILES string of the molecule is C=C/C=C(\C=C/C)N1CCN(C2CCC(NS(=O)(=O)C(/C=C\C)=C/C)CC2)CC1. The molecule has 0 unspecified atom stereocenters. The second kappa shape index (κ2) is 11.5. The van der Waals surface area contributed by atoms with E-state index in [9.17, 15) is 8.42 Å². The predicted octanol–water partition coefficient (Wildman–Crippen LogP) is 3.96. The Balaban J connectivity index is 1.85. The molecule has 0 aromatic carbocycles. The van der Waals surface area contributed by atoms with E-state index >= 15 is 0 Å². The normalized spacial score (nSPS) is 25.8. The fourth-order valence-electron chi connectivity index (χ4n) is 4.25. The van der Waals surface area contributed by atoms with Gasteiger partial charge in [0.1, 0.15) is 0 Å². The molecule has 162 valence electrons. The molecular formula is C23H37N3O2S. The first-order valence-corrected chi connectivity index (χ1v) is 12.2. The second-order valence-electron chi connectivity index (χ2n) is 7.67. The van der Waals surface area contributed by atoms with Gasteiger partial charge in [0.05, 0.1) is 4.91 Å². The Kier molecular flexibility index (Phi) is 9.40. The minimum absolute atomic E-state index is 0.0366. The molecule has 0 bridgehead atoms. The number of nitrogens with one attached hydrogen (secondary N) is 1. The van der Waals surface area contributed by atoms with Gasteiger partial charge in [-0.15, -0.1) is 0 Å². The molecule has 1 saturated heterocycles. The molecular weight excluding hydrogens is 382 g/mol. The van der Waals surface area contributed by atoms with E-state index in [-0.39, 0.29) is 6.04 Å². The summed E-state index contributed by atoms with van der Waals surface area (Å²) in [5.74, 6) is 0. The average Bonchev–Trinajstić information content (AvgIpc) is 2.72. The van der Waals surface area contributed by atoms with Crippen molar-refractivity contribution in [3.63, 3.8) is 0 Å². The molecule has 1 N–H and O–H groups in total. The van der Waals surface area contributed by atoms with Crippen LogP contribution in [0, 0.1) is 0 Å². The van der Waals surface area contributed by atoms with Crippen molar-refractivity contribution in [2.24, 2.45) is 0 Å². The standard InChI is InChI=1S/C23H37N3O2S/c1-5-9-21(10-6-2)25-16-18-26(19-17-25)22-14-12-20(13-15-22)24-29(27,28)23(8-4)11-7-3/h5-11,20,22,24H,1,12-19H2,2-4H3/b10-6-,11-7-,21-9+,23-8+. The van der Waals surface area contributed by atoms with Gasteiger partial charge in [-0.2, -0.15) is 0 Å². The van der Waals surface area contributed by atoms with Gasteiger partial charge >= 0.3 is 0 Å². The van der Waals surface area contributed by atoms with Crippen LogP contribution in [0.3, 0.4) is 0 Å². The van der Waals surface area contributed by atoms with Crippen LogP contribution in [0.1, 0.15) is 46.5 Å². The van der Waals surface area contributed by atoms with Crippen LogP contribution in [-0.4, -0.2) is 56.5 Å². The van der Waals surface area contributed by atoms with Gasteiger partial charge in [-0.3, -0.25) is 4.90 Å². The monoisotopic (exact) mass is 419 g/mol. The highest BCUT2D eigenvalue weighted by molar-refractivity contribution is 7.93. The van der Waals surface area contributed by atoms with E-state index in [1.54, 1.807) is 25.2 Å². The fraction of sp³-hybridized carbons (Fsp3) is 0.565. The smallest absolute Gasteiger partial charge is 0.240 e. The van der Waals surface area contributed by atoms with Gasteiger partial charge < -0.3 is 4.90 Å². The van der Waals surface area contributed by atoms with Crippen molar-refractivity contribution < 1.29 is 8.42 Å². The number of piperazine rings is 1. The minimum atomic E-state index is -3.42. The van der Waals surface area contributed by atoms with Crippen LogP contribution >= 0.6 is 0 Å². The first kappa shape index (κ1) is 23.6. The topological polar surface area (TPSA) is 52.6 Å². The molecule has 2 fully saturated rings. The van der Waals surface area contributed by atoms with E-state index in [0.717, 1.165) is 51.9 Å². The molecule has 5 nitrogen and oxygen atoms in total. The van der Waals surface area contributed by atoms with Crippen LogP contribution in [0.2, 0.25) is 0 Å². The summed E-state index contributed by atoms with van der Waals surface area (Å²) in [6.45, 7) is 13.6. The maximum atomic E-state index is 12.5. The van der Waals surface area contributed by atoms with Crippen molar-refractivity contribution in [3.05, 3.63) is 59.7 Å². The second-order valence-corrected chi connectivity index (χ2v) is 9.38. The maximum Gasteiger partial charge on any atom is 0.240 e. The zero-order valence-corrected chi connectivity index (χ0v) is 19.0. The summed E-state index contributed by atoms with van der Waals surface area (Å²) >= 11 is 0. The molecule has 0 aromatic heterocycles. The lowest BCUT2D eigenvalue weighted by Gasteiger charge is -2.43. The summed E-state index contributed by atoms with van der Waals surface area (Å²) in [5, 5.41) is 0. The van der Waals surface area contributed by atoms with Crippen molar-refractivity contribution in [2.75, 3.05) is 26.2 Å². The highest BCUT2D eigenvalue weighted by atomic mass is 32.2. The summed E-state index contributed by atoms with van der Waals surface area (Å²) in [4.78, 5) is 5.35. The van der Waals surface area contributed by atoms with E-state index in [2.05, 4.69) is 39.3 Å². The van der Waals surface area contributed by atoms with Crippen LogP contribution < -0.4 is 4.72 Å². The number of allylic oxidation sites excluding steroid dienone is 7. The summed E-state index contributed by atoms with van der Waals surface area (Å²) in [7, 11) is -3.42. The zero-order chi connectivity index (χ0) is 21.3. The van der Waals surface area contributed by atoms with E-state index in [4.69, 9.17) is 0 Å². The Labute approximate surface area is 177 Å². The summed E-state index contributed by atoms with van der Waals surface area (Å²) < 4.78 is 28.0. The molecule has 1 heterocycles. The number of nitrogens with zero attached hydrogens (tertiary/aromatic N) is 2. The Hall–Kier alpha value is -1.63. The molecule has 2 rings (SSSR count). The summed E-state index contributed by atoms with van der Waals surface area (Å²) in [5.41, 5.74) is 1.22. The lowest BCUT2D eigenvalue weighted by Crippen LogP contribution is -2.51. The highest BCUT2D eigenvalue weighted by Gasteiger charge is 2.30. The van der Waals surface area contributed by atoms with Gasteiger partial charge in [0.2, 0.25) is 10.0 Å². The Bertz CT molecular complexity index is 749. The largest absolute Gasteiger partial charge is 0.369 e. The first-order chi connectivity index (χ1) is 13.9. The minimum Gasteiger partial charge on any atom is -0.369 e. The van der Waals surface area contributed by atoms with Gasteiger partial charge in [0.15, 0.2) is 0 Å². The summed E-state index contributed by atoms with van der Waals surface area (Å²) in [6.07, 6.45) is 17.1. The maximum absolute atomic E-state index is 12.5. The van der Waals surface area contributed by atoms with Crippen molar-refractivity contribution >= 4 is 10.0 Å². The number of sulfonamides is 1. The molecule has 0 radical (unpaired) electrons. The van der Waals surface area contributed by atoms with Crippen LogP contribution in [0.15, 0.2) is 59.7 Å². The molecule has 0 amide bonds. The van der Waals surface area contributed by atoms with Gasteiger partial charge in [0.25, 0.3) is 0 Å². The zero-order valence-electron chi connectivity index (χ0n) is 18.2. The van der Waals surface area contributed by atoms with E-state index < -0.39 is 10.0 Å². The lowest BCUT2D eigenvalue weighted by atomic mass is 9.90. The molecule has 0 spiro atoms. The van der Waals surface area contributed by atoms with Gasteiger partial charge in [-0.25, -0.2) is 13.1 Å². The third-order valence-corrected chi connectivity index (χ3v) is 7.40. The predicted molar refractivity (Wildman–Crippen MR) is 123 cm³/mol. The van der Waals surface area contributed by atoms with E-state index in [1.807, 2.05) is 19.9 Å². The van der Waals surface area contributed by atoms with Gasteiger partial charge in [0, 0.05) is 44.0 Å². The van der Waals surface area contributed by atoms with Crippen molar-refractivity contribution in [2.45, 2.75) is 58.5 Å². The Morgan fingerprint density at radius 3 is 2.10 bits per heavy atom. The number of rotatable bonds is 8. The van der Waals surface area contributed by atoms with Crippen molar-refractivity contribution in [3.8, 4) is 0 Å². The molecule has 1 aliphatic carbocycles. The van der Waals surface area contributed by atoms with Crippen LogP contribution in [0.25, 0.3) is 0 Å². The highest BCUT2D eigenvalue weighted by Crippen LogP contribution is 2.26. The van der Waals surface area contributed by atoms with Gasteiger partial charge in [-0.05, 0) is 64.7 Å². The third kappa shape index (κ3) is 6.69. The first-order valence-electron chi connectivity index (χ1n) is 10.7. The average molecular weight is 420 g/mol. The third-order valence-electron chi connectivity index (χ3n) is 5.77. The lowest BCUT2D eigenvalue weighted by molar-refractivity contribution is 0.0915. The molecule has 0 aromatic rings. The van der Waals surface area contributed by atoms with E-state index in [0.29, 0.717) is 10.9 Å². The number of hydrogen-bond acceptors (Lipinski definition) is 4. The quantitative estimate of drug-likeness (QED) is 0.605. The van der Waals surface area contributed by atoms with Crippen LogP contribution in [-0.2, 0) is 10.0 Å². The fourth-order valence-corrected chi connectivity index (χ4v) is 5.69. The number of hydrogen-bond donors (Lipinski definition) is 1. The molecule has 1 aliphatic heterocycles. The van der Waals surface area contributed by atoms with Crippen LogP contribution in [0.5, 0.6) is 0 Å².